The van der Waals surface area contributed by atoms with Crippen molar-refractivity contribution in [1.29, 1.82) is 0 Å². The number of hydrogen-bond donors (Lipinski definition) is 0. The highest BCUT2D eigenvalue weighted by molar-refractivity contribution is 5.76. The van der Waals surface area contributed by atoms with Gasteiger partial charge in [-0.2, -0.15) is 0 Å². The number of hydrogen-bond acceptors (Lipinski definition) is 4. The van der Waals surface area contributed by atoms with Crippen LogP contribution < -0.4 is 0 Å². The Labute approximate surface area is 162 Å². The maximum Gasteiger partial charge on any atom is 0.410 e. The summed E-state index contributed by atoms with van der Waals surface area (Å²) < 4.78 is 5.81. The van der Waals surface area contributed by atoms with Crippen LogP contribution in [0.15, 0.2) is 30.3 Å². The highest BCUT2D eigenvalue weighted by atomic mass is 16.6. The van der Waals surface area contributed by atoms with Gasteiger partial charge in [0.2, 0.25) is 5.91 Å². The van der Waals surface area contributed by atoms with E-state index in [1.807, 2.05) is 47.0 Å². The molecule has 0 radical (unpaired) electrons. The highest BCUT2D eigenvalue weighted by Gasteiger charge is 2.47. The lowest BCUT2D eigenvalue weighted by atomic mass is 9.90. The monoisotopic (exact) mass is 373 g/mol. The molecule has 6 heteroatoms. The van der Waals surface area contributed by atoms with Gasteiger partial charge in [0.25, 0.3) is 0 Å². The van der Waals surface area contributed by atoms with Gasteiger partial charge in [-0.3, -0.25) is 4.79 Å². The molecule has 1 aromatic carbocycles. The first-order chi connectivity index (χ1) is 12.9. The van der Waals surface area contributed by atoms with Crippen LogP contribution in [-0.4, -0.2) is 79.1 Å². The second-order valence-electron chi connectivity index (χ2n) is 8.18. The Morgan fingerprint density at radius 1 is 1.22 bits per heavy atom. The number of amides is 2. The van der Waals surface area contributed by atoms with Gasteiger partial charge in [0.15, 0.2) is 0 Å². The van der Waals surface area contributed by atoms with E-state index in [9.17, 15) is 9.59 Å². The minimum absolute atomic E-state index is 0.192. The van der Waals surface area contributed by atoms with Gasteiger partial charge in [-0.25, -0.2) is 4.79 Å². The van der Waals surface area contributed by atoms with Crippen molar-refractivity contribution in [2.24, 2.45) is 0 Å². The molecular formula is C21H31N3O3. The highest BCUT2D eigenvalue weighted by Crippen LogP contribution is 2.34. The lowest BCUT2D eigenvalue weighted by Crippen LogP contribution is -2.49. The summed E-state index contributed by atoms with van der Waals surface area (Å²) in [6, 6.07) is 10.2. The number of nitrogens with zero attached hydrogens (tertiary/aromatic N) is 3. The minimum Gasteiger partial charge on any atom is -0.441 e. The second-order valence-corrected chi connectivity index (χ2v) is 8.18. The first-order valence-corrected chi connectivity index (χ1v) is 9.84. The van der Waals surface area contributed by atoms with Crippen molar-refractivity contribution in [2.45, 2.75) is 37.7 Å². The average molecular weight is 373 g/mol. The summed E-state index contributed by atoms with van der Waals surface area (Å²) in [6.45, 7) is 5.53. The van der Waals surface area contributed by atoms with Crippen molar-refractivity contribution >= 4 is 12.0 Å². The molecule has 6 nitrogen and oxygen atoms in total. The third kappa shape index (κ3) is 4.80. The summed E-state index contributed by atoms with van der Waals surface area (Å²) in [4.78, 5) is 30.5. The van der Waals surface area contributed by atoms with Crippen molar-refractivity contribution in [2.75, 3.05) is 46.8 Å². The smallest absolute Gasteiger partial charge is 0.410 e. The SMILES string of the molecule is C[C@H](CN1CC2(CCN(C(=O)CCN(C)C)CC2)OC1=O)c1ccccc1. The van der Waals surface area contributed by atoms with Crippen molar-refractivity contribution in [3.63, 3.8) is 0 Å². The molecule has 2 saturated heterocycles. The van der Waals surface area contributed by atoms with E-state index in [-0.39, 0.29) is 17.9 Å². The molecule has 0 bridgehead atoms. The molecule has 2 aliphatic rings. The zero-order valence-electron chi connectivity index (χ0n) is 16.7. The maximum atomic E-state index is 12.4. The zero-order valence-corrected chi connectivity index (χ0v) is 16.7. The summed E-state index contributed by atoms with van der Waals surface area (Å²) in [5.41, 5.74) is 0.804. The largest absolute Gasteiger partial charge is 0.441 e. The van der Waals surface area contributed by atoms with Crippen LogP contribution in [0.2, 0.25) is 0 Å². The van der Waals surface area contributed by atoms with E-state index in [2.05, 4.69) is 19.1 Å². The lowest BCUT2D eigenvalue weighted by Gasteiger charge is -2.37. The first kappa shape index (κ1) is 19.7. The molecule has 2 amide bonds. The van der Waals surface area contributed by atoms with E-state index in [4.69, 9.17) is 4.74 Å². The molecule has 0 unspecified atom stereocenters. The number of piperidine rings is 1. The quantitative estimate of drug-likeness (QED) is 0.769. The molecule has 1 atom stereocenters. The summed E-state index contributed by atoms with van der Waals surface area (Å²) in [6.07, 6.45) is 1.77. The van der Waals surface area contributed by atoms with Gasteiger partial charge in [0.05, 0.1) is 6.54 Å². The molecule has 1 aromatic rings. The molecule has 0 aromatic heterocycles. The van der Waals surface area contributed by atoms with Crippen molar-refractivity contribution < 1.29 is 14.3 Å². The van der Waals surface area contributed by atoms with E-state index in [1.54, 1.807) is 0 Å². The third-order valence-electron chi connectivity index (χ3n) is 5.70. The Morgan fingerprint density at radius 3 is 2.52 bits per heavy atom. The molecular weight excluding hydrogens is 342 g/mol. The molecule has 148 valence electrons. The molecule has 27 heavy (non-hydrogen) atoms. The Hall–Kier alpha value is -2.08. The number of carbonyl (C=O) groups excluding carboxylic acids is 2. The fourth-order valence-corrected chi connectivity index (χ4v) is 3.95. The van der Waals surface area contributed by atoms with Gasteiger partial charge in [-0.05, 0) is 25.6 Å². The molecule has 0 aliphatic carbocycles. The van der Waals surface area contributed by atoms with Crippen LogP contribution in [0.1, 0.15) is 37.7 Å². The summed E-state index contributed by atoms with van der Waals surface area (Å²) >= 11 is 0. The van der Waals surface area contributed by atoms with E-state index >= 15 is 0 Å². The summed E-state index contributed by atoms with van der Waals surface area (Å²) in [5, 5.41) is 0. The Balaban J connectivity index is 1.52. The minimum atomic E-state index is -0.425. The predicted molar refractivity (Wildman–Crippen MR) is 105 cm³/mol. The second kappa shape index (κ2) is 8.30. The molecule has 2 fully saturated rings. The van der Waals surface area contributed by atoms with Gasteiger partial charge >= 0.3 is 6.09 Å². The molecule has 2 heterocycles. The lowest BCUT2D eigenvalue weighted by molar-refractivity contribution is -0.134. The van der Waals surface area contributed by atoms with Crippen molar-refractivity contribution in [3.8, 4) is 0 Å². The number of likely N-dealkylation sites (tertiary alicyclic amines) is 1. The fraction of sp³-hybridized carbons (Fsp3) is 0.619. The predicted octanol–water partition coefficient (Wildman–Crippen LogP) is 2.56. The average Bonchev–Trinajstić information content (AvgIpc) is 2.95. The van der Waals surface area contributed by atoms with Crippen LogP contribution in [-0.2, 0) is 9.53 Å². The molecule has 1 spiro atoms. The van der Waals surface area contributed by atoms with E-state index in [1.165, 1.54) is 5.56 Å². The number of carbonyl (C=O) groups is 2. The Bertz CT molecular complexity index is 654. The number of rotatable bonds is 6. The van der Waals surface area contributed by atoms with E-state index < -0.39 is 5.60 Å². The molecule has 2 aliphatic heterocycles. The zero-order chi connectivity index (χ0) is 19.4. The number of benzene rings is 1. The topological polar surface area (TPSA) is 53.1 Å². The van der Waals surface area contributed by atoms with E-state index in [0.717, 1.165) is 19.4 Å². The van der Waals surface area contributed by atoms with E-state index in [0.29, 0.717) is 32.6 Å². The van der Waals surface area contributed by atoms with Crippen molar-refractivity contribution in [3.05, 3.63) is 35.9 Å². The van der Waals surface area contributed by atoms with Gasteiger partial charge < -0.3 is 19.4 Å². The Morgan fingerprint density at radius 2 is 1.89 bits per heavy atom. The maximum absolute atomic E-state index is 12.4. The van der Waals surface area contributed by atoms with Gasteiger partial charge in [-0.1, -0.05) is 37.3 Å². The van der Waals surface area contributed by atoms with Crippen LogP contribution in [0.3, 0.4) is 0 Å². The third-order valence-corrected chi connectivity index (χ3v) is 5.70. The first-order valence-electron chi connectivity index (χ1n) is 9.84. The van der Waals surface area contributed by atoms with Gasteiger partial charge in [-0.15, -0.1) is 0 Å². The molecule has 0 N–H and O–H groups in total. The van der Waals surface area contributed by atoms with Crippen LogP contribution in [0.4, 0.5) is 4.79 Å². The Kier molecular flexibility index (Phi) is 6.05. The molecule has 3 rings (SSSR count). The number of ether oxygens (including phenoxy) is 1. The van der Waals surface area contributed by atoms with Gasteiger partial charge in [0, 0.05) is 45.4 Å². The van der Waals surface area contributed by atoms with Crippen LogP contribution in [0.25, 0.3) is 0 Å². The summed E-state index contributed by atoms with van der Waals surface area (Å²) in [5.74, 6) is 0.457. The van der Waals surface area contributed by atoms with Gasteiger partial charge in [0.1, 0.15) is 5.60 Å². The fourth-order valence-electron chi connectivity index (χ4n) is 3.95. The normalized spacial score (nSPS) is 20.2. The van der Waals surface area contributed by atoms with Crippen LogP contribution in [0.5, 0.6) is 0 Å². The van der Waals surface area contributed by atoms with Crippen molar-refractivity contribution in [1.82, 2.24) is 14.7 Å². The van der Waals surface area contributed by atoms with Crippen LogP contribution in [0, 0.1) is 0 Å². The standard InChI is InChI=1S/C21H31N3O3/c1-17(18-7-5-4-6-8-18)15-24-16-21(27-20(24)26)10-13-23(14-11-21)19(25)9-12-22(2)3/h4-8,17H,9-16H2,1-3H3/t17-/m1/s1. The molecule has 0 saturated carbocycles. The summed E-state index contributed by atoms with van der Waals surface area (Å²) in [7, 11) is 3.95. The van der Waals surface area contributed by atoms with Crippen LogP contribution >= 0.6 is 0 Å².